The molecule has 0 spiro atoms. The fourth-order valence-corrected chi connectivity index (χ4v) is 3.45. The van der Waals surface area contributed by atoms with Crippen LogP contribution in [0.1, 0.15) is 22.8 Å². The summed E-state index contributed by atoms with van der Waals surface area (Å²) in [5.41, 5.74) is 4.46. The van der Waals surface area contributed by atoms with Gasteiger partial charge < -0.3 is 14.5 Å². The van der Waals surface area contributed by atoms with Gasteiger partial charge >= 0.3 is 0 Å². The maximum absolute atomic E-state index is 12.8. The molecule has 1 heterocycles. The first-order valence-electron chi connectivity index (χ1n) is 9.25. The van der Waals surface area contributed by atoms with E-state index in [-0.39, 0.29) is 5.91 Å². The van der Waals surface area contributed by atoms with E-state index in [4.69, 9.17) is 9.15 Å². The van der Waals surface area contributed by atoms with Gasteiger partial charge in [-0.25, -0.2) is 4.98 Å². The molecule has 1 aromatic heterocycles. The number of aryl methyl sites for hydroxylation is 1. The first-order chi connectivity index (χ1) is 14.0. The van der Waals surface area contributed by atoms with Crippen LogP contribution in [0.3, 0.4) is 0 Å². The molecule has 0 fully saturated rings. The number of amides is 1. The Morgan fingerprint density at radius 2 is 1.97 bits per heavy atom. The normalized spacial score (nSPS) is 10.9. The fourth-order valence-electron chi connectivity index (χ4n) is 3.09. The van der Waals surface area contributed by atoms with Crippen molar-refractivity contribution in [3.05, 3.63) is 76.3 Å². The van der Waals surface area contributed by atoms with E-state index in [2.05, 4.69) is 26.2 Å². The standard InChI is InChI=1S/C23H19BrN2O3/c1-3-28-20-11-8-15(24)12-18(20)22(27)25-16-9-10-19-21(13-16)29-23(26-19)17-7-5-4-6-14(17)2/h4-13H,3H2,1-2H3,(H,25,27). The number of halogens is 1. The number of hydrogen-bond acceptors (Lipinski definition) is 4. The molecule has 6 heteroatoms. The van der Waals surface area contributed by atoms with Gasteiger partial charge in [0.25, 0.3) is 5.91 Å². The van der Waals surface area contributed by atoms with E-state index in [0.29, 0.717) is 35.1 Å². The lowest BCUT2D eigenvalue weighted by Crippen LogP contribution is -2.13. The average Bonchev–Trinajstić information content (AvgIpc) is 3.13. The van der Waals surface area contributed by atoms with E-state index in [1.165, 1.54) is 0 Å². The highest BCUT2D eigenvalue weighted by atomic mass is 79.9. The predicted octanol–water partition coefficient (Wildman–Crippen LogP) is 6.22. The SMILES string of the molecule is CCOc1ccc(Br)cc1C(=O)Nc1ccc2nc(-c3ccccc3C)oc2c1. The number of ether oxygens (including phenoxy) is 1. The quantitative estimate of drug-likeness (QED) is 0.392. The van der Waals surface area contributed by atoms with Crippen LogP contribution in [-0.2, 0) is 0 Å². The highest BCUT2D eigenvalue weighted by Gasteiger charge is 2.15. The monoisotopic (exact) mass is 450 g/mol. The predicted molar refractivity (Wildman–Crippen MR) is 117 cm³/mol. The van der Waals surface area contributed by atoms with Gasteiger partial charge in [0.05, 0.1) is 12.2 Å². The number of oxazole rings is 1. The lowest BCUT2D eigenvalue weighted by atomic mass is 10.1. The smallest absolute Gasteiger partial charge is 0.259 e. The number of rotatable bonds is 5. The highest BCUT2D eigenvalue weighted by molar-refractivity contribution is 9.10. The first kappa shape index (κ1) is 19.2. The van der Waals surface area contributed by atoms with Crippen LogP contribution in [0.2, 0.25) is 0 Å². The van der Waals surface area contributed by atoms with Crippen molar-refractivity contribution in [2.24, 2.45) is 0 Å². The van der Waals surface area contributed by atoms with Gasteiger partial charge in [-0.15, -0.1) is 0 Å². The van der Waals surface area contributed by atoms with Crippen molar-refractivity contribution >= 4 is 38.6 Å². The molecule has 0 atom stereocenters. The fraction of sp³-hybridized carbons (Fsp3) is 0.130. The molecule has 3 aromatic carbocycles. The van der Waals surface area contributed by atoms with Gasteiger partial charge in [-0.1, -0.05) is 34.1 Å². The summed E-state index contributed by atoms with van der Waals surface area (Å²) in [6, 6.07) is 18.7. The molecule has 4 aromatic rings. The Bertz CT molecular complexity index is 1200. The molecular weight excluding hydrogens is 432 g/mol. The summed E-state index contributed by atoms with van der Waals surface area (Å²) in [5.74, 6) is 0.843. The van der Waals surface area contributed by atoms with Crippen molar-refractivity contribution < 1.29 is 13.9 Å². The molecule has 0 bridgehead atoms. The molecule has 5 nitrogen and oxygen atoms in total. The highest BCUT2D eigenvalue weighted by Crippen LogP contribution is 2.29. The summed E-state index contributed by atoms with van der Waals surface area (Å²) in [6.45, 7) is 4.38. The van der Waals surface area contributed by atoms with Gasteiger partial charge in [-0.2, -0.15) is 0 Å². The molecule has 29 heavy (non-hydrogen) atoms. The number of anilines is 1. The van der Waals surface area contributed by atoms with Crippen LogP contribution in [0, 0.1) is 6.92 Å². The van der Waals surface area contributed by atoms with Crippen molar-refractivity contribution in [3.8, 4) is 17.2 Å². The minimum atomic E-state index is -0.257. The zero-order valence-corrected chi connectivity index (χ0v) is 17.6. The summed E-state index contributed by atoms with van der Waals surface area (Å²) in [4.78, 5) is 17.4. The minimum Gasteiger partial charge on any atom is -0.493 e. The third-order valence-electron chi connectivity index (χ3n) is 4.51. The van der Waals surface area contributed by atoms with E-state index < -0.39 is 0 Å². The van der Waals surface area contributed by atoms with Gasteiger partial charge in [0.1, 0.15) is 11.3 Å². The van der Waals surface area contributed by atoms with Crippen molar-refractivity contribution in [1.82, 2.24) is 4.98 Å². The number of carbonyl (C=O) groups is 1. The molecule has 146 valence electrons. The second kappa shape index (κ2) is 8.09. The molecule has 0 aliphatic rings. The lowest BCUT2D eigenvalue weighted by molar-refractivity contribution is 0.102. The number of carbonyl (C=O) groups excluding carboxylic acids is 1. The molecule has 1 amide bonds. The van der Waals surface area contributed by atoms with Crippen LogP contribution in [0.15, 0.2) is 69.6 Å². The summed E-state index contributed by atoms with van der Waals surface area (Å²) in [5, 5.41) is 2.91. The Morgan fingerprint density at radius 3 is 2.76 bits per heavy atom. The van der Waals surface area contributed by atoms with E-state index in [1.807, 2.05) is 56.3 Å². The van der Waals surface area contributed by atoms with E-state index in [9.17, 15) is 4.79 Å². The zero-order chi connectivity index (χ0) is 20.4. The molecular formula is C23H19BrN2O3. The zero-order valence-electron chi connectivity index (χ0n) is 16.0. The van der Waals surface area contributed by atoms with Crippen LogP contribution in [-0.4, -0.2) is 17.5 Å². The number of hydrogen-bond donors (Lipinski definition) is 1. The number of nitrogens with zero attached hydrogens (tertiary/aromatic N) is 1. The Morgan fingerprint density at radius 1 is 1.14 bits per heavy atom. The second-order valence-corrected chi connectivity index (χ2v) is 7.46. The first-order valence-corrected chi connectivity index (χ1v) is 10.0. The molecule has 1 N–H and O–H groups in total. The van der Waals surface area contributed by atoms with Gasteiger partial charge in [0.2, 0.25) is 5.89 Å². The second-order valence-electron chi connectivity index (χ2n) is 6.54. The average molecular weight is 451 g/mol. The molecule has 0 aliphatic carbocycles. The van der Waals surface area contributed by atoms with Crippen molar-refractivity contribution in [2.45, 2.75) is 13.8 Å². The Hall–Kier alpha value is -3.12. The topological polar surface area (TPSA) is 64.4 Å². The van der Waals surface area contributed by atoms with Crippen LogP contribution < -0.4 is 10.1 Å². The third kappa shape index (κ3) is 4.03. The van der Waals surface area contributed by atoms with Gasteiger partial charge in [-0.3, -0.25) is 4.79 Å². The maximum atomic E-state index is 12.8. The van der Waals surface area contributed by atoms with Gasteiger partial charge in [0, 0.05) is 21.8 Å². The van der Waals surface area contributed by atoms with Crippen molar-refractivity contribution in [1.29, 1.82) is 0 Å². The Kier molecular flexibility index (Phi) is 5.36. The molecule has 0 aliphatic heterocycles. The molecule has 0 unspecified atom stereocenters. The number of aromatic nitrogens is 1. The summed E-state index contributed by atoms with van der Waals surface area (Å²) >= 11 is 3.41. The Balaban J connectivity index is 1.63. The number of benzene rings is 3. The summed E-state index contributed by atoms with van der Waals surface area (Å²) < 4.78 is 12.3. The van der Waals surface area contributed by atoms with Gasteiger partial charge in [-0.05, 0) is 55.8 Å². The minimum absolute atomic E-state index is 0.257. The summed E-state index contributed by atoms with van der Waals surface area (Å²) in [7, 11) is 0. The third-order valence-corrected chi connectivity index (χ3v) is 5.00. The van der Waals surface area contributed by atoms with Crippen molar-refractivity contribution in [2.75, 3.05) is 11.9 Å². The van der Waals surface area contributed by atoms with Crippen LogP contribution >= 0.6 is 15.9 Å². The number of nitrogens with one attached hydrogen (secondary N) is 1. The van der Waals surface area contributed by atoms with E-state index >= 15 is 0 Å². The molecule has 0 saturated carbocycles. The molecule has 4 rings (SSSR count). The molecule has 0 saturated heterocycles. The lowest BCUT2D eigenvalue weighted by Gasteiger charge is -2.11. The number of fused-ring (bicyclic) bond motifs is 1. The Labute approximate surface area is 176 Å². The van der Waals surface area contributed by atoms with E-state index in [1.54, 1.807) is 18.2 Å². The van der Waals surface area contributed by atoms with Crippen molar-refractivity contribution in [3.63, 3.8) is 0 Å². The molecule has 0 radical (unpaired) electrons. The van der Waals surface area contributed by atoms with Crippen LogP contribution in [0.4, 0.5) is 5.69 Å². The van der Waals surface area contributed by atoms with E-state index in [0.717, 1.165) is 21.1 Å². The largest absolute Gasteiger partial charge is 0.493 e. The van der Waals surface area contributed by atoms with Gasteiger partial charge in [0.15, 0.2) is 5.58 Å². The maximum Gasteiger partial charge on any atom is 0.259 e. The summed E-state index contributed by atoms with van der Waals surface area (Å²) in [6.07, 6.45) is 0. The van der Waals surface area contributed by atoms with Crippen LogP contribution in [0.25, 0.3) is 22.6 Å². The van der Waals surface area contributed by atoms with Crippen LogP contribution in [0.5, 0.6) is 5.75 Å².